The van der Waals surface area contributed by atoms with Crippen LogP contribution in [-0.4, -0.2) is 30.4 Å². The monoisotopic (exact) mass is 445 g/mol. The first kappa shape index (κ1) is 23.6. The van der Waals surface area contributed by atoms with E-state index >= 15 is 0 Å². The normalized spacial score (nSPS) is 10.7. The predicted octanol–water partition coefficient (Wildman–Crippen LogP) is 6.31. The molecule has 0 saturated carbocycles. The first-order chi connectivity index (χ1) is 16.1. The lowest BCUT2D eigenvalue weighted by Gasteiger charge is -2.22. The number of para-hydroxylation sites is 2. The Morgan fingerprint density at radius 3 is 2.15 bits per heavy atom. The van der Waals surface area contributed by atoms with Crippen molar-refractivity contribution in [3.05, 3.63) is 96.6 Å². The summed E-state index contributed by atoms with van der Waals surface area (Å²) < 4.78 is 10.7. The van der Waals surface area contributed by atoms with Gasteiger partial charge in [-0.25, -0.2) is 14.5 Å². The average molecular weight is 446 g/mol. The molecule has 0 atom stereocenters. The summed E-state index contributed by atoms with van der Waals surface area (Å²) in [7, 11) is 0. The second-order valence-electron chi connectivity index (χ2n) is 7.27. The Hall–Kier alpha value is -4.06. The molecular weight excluding hydrogens is 418 g/mol. The highest BCUT2D eigenvalue weighted by atomic mass is 16.6. The molecule has 0 aromatic heterocycles. The second-order valence-corrected chi connectivity index (χ2v) is 7.27. The van der Waals surface area contributed by atoms with Gasteiger partial charge in [-0.2, -0.15) is 0 Å². The summed E-state index contributed by atoms with van der Waals surface area (Å²) in [5, 5.41) is 8.70. The fourth-order valence-electron chi connectivity index (χ4n) is 3.17. The van der Waals surface area contributed by atoms with Gasteiger partial charge in [0.2, 0.25) is 0 Å². The summed E-state index contributed by atoms with van der Waals surface area (Å²) in [6, 6.07) is 26.1. The van der Waals surface area contributed by atoms with E-state index in [4.69, 9.17) is 14.6 Å². The third-order valence-corrected chi connectivity index (χ3v) is 4.73. The lowest BCUT2D eigenvalue weighted by atomic mass is 10.1. The molecule has 6 heteroatoms. The summed E-state index contributed by atoms with van der Waals surface area (Å²) >= 11 is 0. The zero-order valence-corrected chi connectivity index (χ0v) is 18.3. The molecule has 6 nitrogen and oxygen atoms in total. The molecule has 33 heavy (non-hydrogen) atoms. The van der Waals surface area contributed by atoms with Crippen LogP contribution in [0.2, 0.25) is 0 Å². The van der Waals surface area contributed by atoms with E-state index in [2.05, 4.69) is 0 Å². The maximum absolute atomic E-state index is 12.8. The molecule has 0 aliphatic heterocycles. The van der Waals surface area contributed by atoms with Crippen LogP contribution in [-0.2, 0) is 9.53 Å². The van der Waals surface area contributed by atoms with Crippen LogP contribution in [0.3, 0.4) is 0 Å². The van der Waals surface area contributed by atoms with Gasteiger partial charge in [0, 0.05) is 0 Å². The van der Waals surface area contributed by atoms with Crippen molar-refractivity contribution in [3.8, 4) is 5.75 Å². The zero-order valence-electron chi connectivity index (χ0n) is 18.3. The minimum atomic E-state index is -1.01. The number of carbonyl (C=O) groups is 2. The van der Waals surface area contributed by atoms with Crippen molar-refractivity contribution < 1.29 is 24.2 Å². The Morgan fingerprint density at radius 2 is 1.52 bits per heavy atom. The van der Waals surface area contributed by atoms with Gasteiger partial charge >= 0.3 is 12.1 Å². The highest BCUT2D eigenvalue weighted by Gasteiger charge is 2.18. The van der Waals surface area contributed by atoms with Gasteiger partial charge in [0.1, 0.15) is 5.75 Å². The molecule has 0 aliphatic carbocycles. The molecule has 170 valence electrons. The van der Waals surface area contributed by atoms with Gasteiger partial charge in [-0.05, 0) is 61.2 Å². The van der Waals surface area contributed by atoms with Crippen molar-refractivity contribution in [3.63, 3.8) is 0 Å². The van der Waals surface area contributed by atoms with E-state index < -0.39 is 12.1 Å². The van der Waals surface area contributed by atoms with Gasteiger partial charge in [-0.1, -0.05) is 60.7 Å². The van der Waals surface area contributed by atoms with Gasteiger partial charge in [-0.3, -0.25) is 0 Å². The standard InChI is InChI=1S/C27H27NO5/c29-26(30)21-33-25-18-11-13-22(20-25)12-5-1-2-10-19-32-27(31)28(23-14-6-3-7-15-23)24-16-8-4-9-17-24/h3-9,11-18,20H,1-2,10,19,21H2,(H,29,30)/b12-5+. The molecule has 0 unspecified atom stereocenters. The van der Waals surface area contributed by atoms with Crippen LogP contribution in [0.25, 0.3) is 6.08 Å². The lowest BCUT2D eigenvalue weighted by Crippen LogP contribution is -2.27. The fourth-order valence-corrected chi connectivity index (χ4v) is 3.17. The maximum atomic E-state index is 12.8. The number of unbranched alkanes of at least 4 members (excludes halogenated alkanes) is 2. The molecule has 0 saturated heterocycles. The van der Waals surface area contributed by atoms with Gasteiger partial charge in [0.25, 0.3) is 0 Å². The average Bonchev–Trinajstić information content (AvgIpc) is 2.84. The third-order valence-electron chi connectivity index (χ3n) is 4.73. The number of benzene rings is 3. The summed E-state index contributed by atoms with van der Waals surface area (Å²) in [5.74, 6) is -0.486. The number of allylic oxidation sites excluding steroid dienone is 1. The summed E-state index contributed by atoms with van der Waals surface area (Å²) in [5.41, 5.74) is 2.45. The molecular formula is C27H27NO5. The minimum Gasteiger partial charge on any atom is -0.482 e. The van der Waals surface area contributed by atoms with Crippen LogP contribution < -0.4 is 9.64 Å². The summed E-state index contributed by atoms with van der Waals surface area (Å²) in [6.07, 6.45) is 6.05. The van der Waals surface area contributed by atoms with Gasteiger partial charge < -0.3 is 14.6 Å². The van der Waals surface area contributed by atoms with Crippen LogP contribution in [0.1, 0.15) is 24.8 Å². The Labute approximate surface area is 193 Å². The van der Waals surface area contributed by atoms with Crippen molar-refractivity contribution in [2.75, 3.05) is 18.1 Å². The lowest BCUT2D eigenvalue weighted by molar-refractivity contribution is -0.139. The molecule has 1 N–H and O–H groups in total. The Morgan fingerprint density at radius 1 is 0.848 bits per heavy atom. The molecule has 3 aromatic carbocycles. The summed E-state index contributed by atoms with van der Waals surface area (Å²) in [4.78, 5) is 25.0. The highest BCUT2D eigenvalue weighted by Crippen LogP contribution is 2.25. The highest BCUT2D eigenvalue weighted by molar-refractivity contribution is 5.95. The van der Waals surface area contributed by atoms with Gasteiger partial charge in [0.05, 0.1) is 18.0 Å². The van der Waals surface area contributed by atoms with Crippen LogP contribution in [0.4, 0.5) is 16.2 Å². The van der Waals surface area contributed by atoms with Crippen LogP contribution in [0, 0.1) is 0 Å². The van der Waals surface area contributed by atoms with Crippen LogP contribution in [0.15, 0.2) is 91.0 Å². The van der Waals surface area contributed by atoms with Crippen molar-refractivity contribution in [2.45, 2.75) is 19.3 Å². The van der Waals surface area contributed by atoms with Crippen molar-refractivity contribution >= 4 is 29.5 Å². The summed E-state index contributed by atoms with van der Waals surface area (Å²) in [6.45, 7) is -0.0286. The number of carboxylic acid groups (broad SMARTS) is 1. The van der Waals surface area contributed by atoms with Gasteiger partial charge in [0.15, 0.2) is 6.61 Å². The van der Waals surface area contributed by atoms with Crippen molar-refractivity contribution in [1.82, 2.24) is 0 Å². The molecule has 0 fully saturated rings. The molecule has 0 bridgehead atoms. The number of ether oxygens (including phenoxy) is 2. The third kappa shape index (κ3) is 7.85. The second kappa shape index (κ2) is 12.7. The number of amides is 1. The Bertz CT molecular complexity index is 1010. The van der Waals surface area contributed by atoms with Crippen LogP contribution >= 0.6 is 0 Å². The number of aliphatic carboxylic acids is 1. The number of hydrogen-bond acceptors (Lipinski definition) is 4. The van der Waals surface area contributed by atoms with E-state index in [9.17, 15) is 9.59 Å². The number of hydrogen-bond donors (Lipinski definition) is 1. The largest absolute Gasteiger partial charge is 0.482 e. The first-order valence-corrected chi connectivity index (χ1v) is 10.8. The van der Waals surface area contributed by atoms with E-state index in [0.29, 0.717) is 12.4 Å². The number of nitrogens with zero attached hydrogens (tertiary/aromatic N) is 1. The number of rotatable bonds is 11. The molecule has 1 amide bonds. The van der Waals surface area contributed by atoms with Crippen LogP contribution in [0.5, 0.6) is 5.75 Å². The molecule has 0 aliphatic rings. The topological polar surface area (TPSA) is 76.1 Å². The molecule has 0 heterocycles. The fraction of sp³-hybridized carbons (Fsp3) is 0.185. The first-order valence-electron chi connectivity index (χ1n) is 10.8. The number of carboxylic acids is 1. The van der Waals surface area contributed by atoms with E-state index in [0.717, 1.165) is 36.2 Å². The minimum absolute atomic E-state index is 0.335. The Kier molecular flexibility index (Phi) is 9.09. The quantitative estimate of drug-likeness (QED) is 0.350. The number of anilines is 2. The van der Waals surface area contributed by atoms with E-state index in [-0.39, 0.29) is 6.61 Å². The van der Waals surface area contributed by atoms with Gasteiger partial charge in [-0.15, -0.1) is 0 Å². The van der Waals surface area contributed by atoms with E-state index in [1.807, 2.05) is 84.9 Å². The molecule has 0 radical (unpaired) electrons. The van der Waals surface area contributed by atoms with E-state index in [1.165, 1.54) is 0 Å². The van der Waals surface area contributed by atoms with Crippen molar-refractivity contribution in [1.29, 1.82) is 0 Å². The van der Waals surface area contributed by atoms with E-state index in [1.54, 1.807) is 17.0 Å². The zero-order chi connectivity index (χ0) is 23.3. The molecule has 0 spiro atoms. The Balaban J connectivity index is 1.44. The maximum Gasteiger partial charge on any atom is 0.418 e. The molecule has 3 aromatic rings. The number of carbonyl (C=O) groups excluding carboxylic acids is 1. The van der Waals surface area contributed by atoms with Crippen molar-refractivity contribution in [2.24, 2.45) is 0 Å². The molecule has 3 rings (SSSR count). The smallest absolute Gasteiger partial charge is 0.418 e. The SMILES string of the molecule is O=C(O)COc1cccc(/C=C/CCCCOC(=O)N(c2ccccc2)c2ccccc2)c1. The predicted molar refractivity (Wildman–Crippen MR) is 129 cm³/mol.